The number of hydrogen-bond donors (Lipinski definition) is 2. The van der Waals surface area contributed by atoms with Gasteiger partial charge in [0, 0.05) is 24.6 Å². The normalized spacial score (nSPS) is 10.3. The first-order valence-corrected chi connectivity index (χ1v) is 7.85. The van der Waals surface area contributed by atoms with Crippen molar-refractivity contribution in [1.29, 1.82) is 0 Å². The molecular formula is C18H14ClFN4O. The molecule has 0 spiro atoms. The first-order valence-electron chi connectivity index (χ1n) is 7.47. The molecule has 7 heteroatoms. The minimum atomic E-state index is -0.539. The van der Waals surface area contributed by atoms with Crippen molar-refractivity contribution in [1.82, 2.24) is 9.97 Å². The zero-order valence-corrected chi connectivity index (χ0v) is 13.8. The van der Waals surface area contributed by atoms with Gasteiger partial charge in [-0.25, -0.2) is 9.37 Å². The molecule has 2 heterocycles. The summed E-state index contributed by atoms with van der Waals surface area (Å²) in [7, 11) is 0. The van der Waals surface area contributed by atoms with E-state index in [9.17, 15) is 9.18 Å². The fourth-order valence-corrected chi connectivity index (χ4v) is 2.29. The number of carbonyl (C=O) groups excluding carboxylic acids is 1. The van der Waals surface area contributed by atoms with Crippen molar-refractivity contribution in [2.45, 2.75) is 6.54 Å². The maximum absolute atomic E-state index is 13.1. The average molecular weight is 357 g/mol. The summed E-state index contributed by atoms with van der Waals surface area (Å²) in [6, 6.07) is 11.2. The van der Waals surface area contributed by atoms with Crippen molar-refractivity contribution in [2.24, 2.45) is 0 Å². The van der Waals surface area contributed by atoms with Crippen LogP contribution in [0.2, 0.25) is 5.02 Å². The molecule has 5 nitrogen and oxygen atoms in total. The molecule has 0 bridgehead atoms. The second-order valence-electron chi connectivity index (χ2n) is 5.22. The van der Waals surface area contributed by atoms with Crippen LogP contribution in [0, 0.1) is 5.82 Å². The molecule has 1 aromatic carbocycles. The molecule has 2 aromatic heterocycles. The average Bonchev–Trinajstić information content (AvgIpc) is 2.64. The van der Waals surface area contributed by atoms with Crippen LogP contribution in [0.4, 0.5) is 15.8 Å². The Bertz CT molecular complexity index is 872. The van der Waals surface area contributed by atoms with Crippen LogP contribution in [0.3, 0.4) is 0 Å². The number of halogens is 2. The predicted octanol–water partition coefficient (Wildman–Crippen LogP) is 4.13. The third kappa shape index (κ3) is 4.51. The molecule has 0 aliphatic carbocycles. The third-order valence-electron chi connectivity index (χ3n) is 3.42. The first kappa shape index (κ1) is 16.9. The summed E-state index contributed by atoms with van der Waals surface area (Å²) >= 11 is 5.70. The zero-order chi connectivity index (χ0) is 17.6. The minimum absolute atomic E-state index is 0.0542. The highest BCUT2D eigenvalue weighted by Gasteiger charge is 2.09. The largest absolute Gasteiger partial charge is 0.380 e. The summed E-state index contributed by atoms with van der Waals surface area (Å²) in [4.78, 5) is 20.3. The van der Waals surface area contributed by atoms with E-state index in [0.29, 0.717) is 12.2 Å². The van der Waals surface area contributed by atoms with Gasteiger partial charge in [0.25, 0.3) is 5.91 Å². The number of nitrogens with zero attached hydrogens (tertiary/aromatic N) is 2. The topological polar surface area (TPSA) is 66.9 Å². The van der Waals surface area contributed by atoms with E-state index in [1.54, 1.807) is 30.7 Å². The van der Waals surface area contributed by atoms with E-state index < -0.39 is 11.7 Å². The highest BCUT2D eigenvalue weighted by Crippen LogP contribution is 2.20. The summed E-state index contributed by atoms with van der Waals surface area (Å²) in [5, 5.41) is 5.78. The Morgan fingerprint density at radius 3 is 2.52 bits per heavy atom. The van der Waals surface area contributed by atoms with Gasteiger partial charge in [0.2, 0.25) is 0 Å². The number of hydrogen-bond acceptors (Lipinski definition) is 4. The standard InChI is InChI=1S/C18H14ClFN4O/c19-15-9-13(1-3-16(15)20)24-18(25)17-4-2-14(11-23-17)22-10-12-5-7-21-8-6-12/h1-9,11,22H,10H2,(H,24,25). The lowest BCUT2D eigenvalue weighted by Gasteiger charge is -2.08. The first-order chi connectivity index (χ1) is 12.1. The number of pyridine rings is 2. The summed E-state index contributed by atoms with van der Waals surface area (Å²) in [6.45, 7) is 0.629. The molecule has 2 N–H and O–H groups in total. The Morgan fingerprint density at radius 1 is 1.08 bits per heavy atom. The van der Waals surface area contributed by atoms with E-state index >= 15 is 0 Å². The molecule has 126 valence electrons. The van der Waals surface area contributed by atoms with Crippen LogP contribution in [0.15, 0.2) is 61.1 Å². The fourth-order valence-electron chi connectivity index (χ4n) is 2.11. The number of aromatic nitrogens is 2. The summed E-state index contributed by atoms with van der Waals surface area (Å²) in [5.74, 6) is -0.939. The maximum Gasteiger partial charge on any atom is 0.274 e. The van der Waals surface area contributed by atoms with Crippen molar-refractivity contribution >= 4 is 28.9 Å². The lowest BCUT2D eigenvalue weighted by atomic mass is 10.2. The predicted molar refractivity (Wildman–Crippen MR) is 95.2 cm³/mol. The van der Waals surface area contributed by atoms with Gasteiger partial charge in [0.05, 0.1) is 16.9 Å². The number of rotatable bonds is 5. The quantitative estimate of drug-likeness (QED) is 0.721. The van der Waals surface area contributed by atoms with Crippen LogP contribution < -0.4 is 10.6 Å². The van der Waals surface area contributed by atoms with Gasteiger partial charge >= 0.3 is 0 Å². The van der Waals surface area contributed by atoms with Crippen LogP contribution in [0.5, 0.6) is 0 Å². The Labute approximate surface area is 148 Å². The summed E-state index contributed by atoms with van der Waals surface area (Å²) in [6.07, 6.45) is 5.03. The number of nitrogens with one attached hydrogen (secondary N) is 2. The Morgan fingerprint density at radius 2 is 1.84 bits per heavy atom. The molecule has 3 aromatic rings. The van der Waals surface area contributed by atoms with Crippen molar-refractivity contribution < 1.29 is 9.18 Å². The third-order valence-corrected chi connectivity index (χ3v) is 3.71. The molecule has 0 saturated carbocycles. The fraction of sp³-hybridized carbons (Fsp3) is 0.0556. The second kappa shape index (κ2) is 7.72. The molecular weight excluding hydrogens is 343 g/mol. The Hall–Kier alpha value is -2.99. The smallest absolute Gasteiger partial charge is 0.274 e. The van der Waals surface area contributed by atoms with Crippen molar-refractivity contribution in [3.05, 3.63) is 83.2 Å². The molecule has 0 aliphatic rings. The molecule has 1 amide bonds. The van der Waals surface area contributed by atoms with E-state index in [-0.39, 0.29) is 10.7 Å². The van der Waals surface area contributed by atoms with Crippen LogP contribution >= 0.6 is 11.6 Å². The van der Waals surface area contributed by atoms with E-state index in [1.807, 2.05) is 12.1 Å². The minimum Gasteiger partial charge on any atom is -0.380 e. The van der Waals surface area contributed by atoms with E-state index in [0.717, 1.165) is 11.3 Å². The zero-order valence-electron chi connectivity index (χ0n) is 13.0. The van der Waals surface area contributed by atoms with Gasteiger partial charge in [-0.15, -0.1) is 0 Å². The molecule has 0 radical (unpaired) electrons. The van der Waals surface area contributed by atoms with Crippen LogP contribution in [0.25, 0.3) is 0 Å². The van der Waals surface area contributed by atoms with Gasteiger partial charge in [-0.3, -0.25) is 9.78 Å². The Kier molecular flexibility index (Phi) is 5.20. The van der Waals surface area contributed by atoms with Gasteiger partial charge in [-0.2, -0.15) is 0 Å². The lowest BCUT2D eigenvalue weighted by Crippen LogP contribution is -2.13. The van der Waals surface area contributed by atoms with Crippen LogP contribution in [-0.4, -0.2) is 15.9 Å². The molecule has 3 rings (SSSR count). The molecule has 0 atom stereocenters. The maximum atomic E-state index is 13.1. The lowest BCUT2D eigenvalue weighted by molar-refractivity contribution is 0.102. The van der Waals surface area contributed by atoms with E-state index in [4.69, 9.17) is 11.6 Å². The van der Waals surface area contributed by atoms with Gasteiger partial charge in [-0.1, -0.05) is 11.6 Å². The SMILES string of the molecule is O=C(Nc1ccc(F)c(Cl)c1)c1ccc(NCc2ccncc2)cn1. The molecule has 0 fully saturated rings. The second-order valence-corrected chi connectivity index (χ2v) is 5.63. The highest BCUT2D eigenvalue weighted by molar-refractivity contribution is 6.31. The van der Waals surface area contributed by atoms with Crippen molar-refractivity contribution in [2.75, 3.05) is 10.6 Å². The van der Waals surface area contributed by atoms with Gasteiger partial charge in [-0.05, 0) is 48.0 Å². The number of benzene rings is 1. The summed E-state index contributed by atoms with van der Waals surface area (Å²) < 4.78 is 13.1. The number of amides is 1. The van der Waals surface area contributed by atoms with Crippen LogP contribution in [0.1, 0.15) is 16.1 Å². The number of anilines is 2. The van der Waals surface area contributed by atoms with Crippen LogP contribution in [-0.2, 0) is 6.54 Å². The summed E-state index contributed by atoms with van der Waals surface area (Å²) in [5.41, 5.74) is 2.52. The monoisotopic (exact) mass is 356 g/mol. The Balaban J connectivity index is 1.61. The van der Waals surface area contributed by atoms with Gasteiger partial charge < -0.3 is 10.6 Å². The molecule has 0 unspecified atom stereocenters. The van der Waals surface area contributed by atoms with E-state index in [2.05, 4.69) is 20.6 Å². The molecule has 0 saturated heterocycles. The van der Waals surface area contributed by atoms with Gasteiger partial charge in [0.1, 0.15) is 11.5 Å². The molecule has 0 aliphatic heterocycles. The highest BCUT2D eigenvalue weighted by atomic mass is 35.5. The van der Waals surface area contributed by atoms with Crippen molar-refractivity contribution in [3.8, 4) is 0 Å². The van der Waals surface area contributed by atoms with Gasteiger partial charge in [0.15, 0.2) is 0 Å². The molecule has 25 heavy (non-hydrogen) atoms. The number of carbonyl (C=O) groups is 1. The van der Waals surface area contributed by atoms with Crippen molar-refractivity contribution in [3.63, 3.8) is 0 Å². The van der Waals surface area contributed by atoms with E-state index in [1.165, 1.54) is 18.2 Å².